The van der Waals surface area contributed by atoms with Crippen molar-refractivity contribution in [2.24, 2.45) is 0 Å². The Morgan fingerprint density at radius 1 is 1.29 bits per heavy atom. The molecule has 0 aromatic heterocycles. The van der Waals surface area contributed by atoms with Crippen molar-refractivity contribution in [2.45, 2.75) is 19.8 Å². The van der Waals surface area contributed by atoms with Crippen molar-refractivity contribution in [1.29, 1.82) is 0 Å². The molecule has 2 aromatic carbocycles. The van der Waals surface area contributed by atoms with Gasteiger partial charge in [0.2, 0.25) is 0 Å². The van der Waals surface area contributed by atoms with Gasteiger partial charge in [-0.2, -0.15) is 0 Å². The lowest BCUT2D eigenvalue weighted by Crippen LogP contribution is -2.05. The van der Waals surface area contributed by atoms with Crippen LogP contribution in [0.15, 0.2) is 34.8 Å². The number of nitrogens with one attached hydrogen (secondary N) is 1. The number of ether oxygens (including phenoxy) is 1. The van der Waals surface area contributed by atoms with E-state index in [1.807, 2.05) is 19.1 Å². The average molecular weight is 367 g/mol. The van der Waals surface area contributed by atoms with Crippen LogP contribution in [-0.2, 0) is 12.8 Å². The number of fused-ring (bicyclic) bond motifs is 1. The number of hydrogen-bond donors (Lipinski definition) is 1. The lowest BCUT2D eigenvalue weighted by Gasteiger charge is -2.11. The highest BCUT2D eigenvalue weighted by Crippen LogP contribution is 2.29. The van der Waals surface area contributed by atoms with E-state index in [1.54, 1.807) is 0 Å². The van der Waals surface area contributed by atoms with E-state index in [9.17, 15) is 0 Å². The minimum atomic E-state index is 0.787. The van der Waals surface area contributed by atoms with Gasteiger partial charge in [-0.25, -0.2) is 0 Å². The molecule has 4 heteroatoms. The minimum Gasteiger partial charge on any atom is -0.493 e. The molecule has 0 radical (unpaired) electrons. The maximum Gasteiger partial charge on any atom is 0.122 e. The van der Waals surface area contributed by atoms with Gasteiger partial charge in [-0.3, -0.25) is 0 Å². The Morgan fingerprint density at radius 3 is 3.00 bits per heavy atom. The molecule has 0 saturated carbocycles. The van der Waals surface area contributed by atoms with Gasteiger partial charge in [-0.05, 0) is 64.2 Å². The summed E-state index contributed by atoms with van der Waals surface area (Å²) in [5, 5.41) is 4.22. The van der Waals surface area contributed by atoms with Gasteiger partial charge in [0.05, 0.1) is 6.61 Å². The molecule has 110 valence electrons. The van der Waals surface area contributed by atoms with Gasteiger partial charge in [-0.1, -0.05) is 23.7 Å². The van der Waals surface area contributed by atoms with Gasteiger partial charge in [0.15, 0.2) is 0 Å². The molecule has 2 nitrogen and oxygen atoms in total. The van der Waals surface area contributed by atoms with Crippen LogP contribution in [0.1, 0.15) is 16.7 Å². The monoisotopic (exact) mass is 365 g/mol. The quantitative estimate of drug-likeness (QED) is 0.822. The number of anilines is 1. The predicted octanol–water partition coefficient (Wildman–Crippen LogP) is 5.00. The van der Waals surface area contributed by atoms with Gasteiger partial charge in [0.1, 0.15) is 5.75 Å². The molecule has 0 unspecified atom stereocenters. The second-order valence-electron chi connectivity index (χ2n) is 5.30. The third-order valence-electron chi connectivity index (χ3n) is 3.73. The first kappa shape index (κ1) is 14.7. The molecule has 21 heavy (non-hydrogen) atoms. The molecule has 0 bridgehead atoms. The van der Waals surface area contributed by atoms with E-state index in [0.29, 0.717) is 0 Å². The molecular weight excluding hydrogens is 350 g/mol. The van der Waals surface area contributed by atoms with Crippen LogP contribution in [0.4, 0.5) is 5.69 Å². The zero-order valence-electron chi connectivity index (χ0n) is 11.9. The molecule has 3 rings (SSSR count). The Morgan fingerprint density at radius 2 is 2.14 bits per heavy atom. The topological polar surface area (TPSA) is 21.3 Å². The number of benzene rings is 2. The van der Waals surface area contributed by atoms with Crippen molar-refractivity contribution in [3.8, 4) is 5.75 Å². The summed E-state index contributed by atoms with van der Waals surface area (Å²) >= 11 is 9.74. The Kier molecular flexibility index (Phi) is 4.41. The fourth-order valence-corrected chi connectivity index (χ4v) is 3.28. The van der Waals surface area contributed by atoms with E-state index in [0.717, 1.165) is 52.5 Å². The van der Waals surface area contributed by atoms with Crippen molar-refractivity contribution in [3.63, 3.8) is 0 Å². The molecule has 2 aromatic rings. The molecule has 0 spiro atoms. The highest BCUT2D eigenvalue weighted by Gasteiger charge is 2.11. The van der Waals surface area contributed by atoms with Gasteiger partial charge in [-0.15, -0.1) is 0 Å². The summed E-state index contributed by atoms with van der Waals surface area (Å²) in [5.74, 6) is 1.04. The minimum absolute atomic E-state index is 0.787. The summed E-state index contributed by atoms with van der Waals surface area (Å²) in [7, 11) is 0. The average Bonchev–Trinajstić information content (AvgIpc) is 2.92. The lowest BCUT2D eigenvalue weighted by molar-refractivity contribution is 0.357. The first-order valence-corrected chi connectivity index (χ1v) is 8.25. The second-order valence-corrected chi connectivity index (χ2v) is 6.56. The Bertz CT molecular complexity index is 672. The SMILES string of the molecule is Cc1cc(Br)c(NCCc2ccc3c(c2)CCO3)cc1Cl. The van der Waals surface area contributed by atoms with Gasteiger partial charge in [0.25, 0.3) is 0 Å². The fourth-order valence-electron chi connectivity index (χ4n) is 2.52. The standard InChI is InChI=1S/C17H17BrClNO/c1-11-8-14(18)16(10-15(11)19)20-6-4-12-2-3-17-13(9-12)5-7-21-17/h2-3,8-10,20H,4-7H2,1H3. The number of rotatable bonds is 4. The van der Waals surface area contributed by atoms with E-state index >= 15 is 0 Å². The lowest BCUT2D eigenvalue weighted by atomic mass is 10.1. The van der Waals surface area contributed by atoms with E-state index in [-0.39, 0.29) is 0 Å². The van der Waals surface area contributed by atoms with Crippen LogP contribution in [-0.4, -0.2) is 13.2 Å². The first-order valence-electron chi connectivity index (χ1n) is 7.07. The molecule has 0 saturated heterocycles. The van der Waals surface area contributed by atoms with Gasteiger partial charge >= 0.3 is 0 Å². The molecule has 0 atom stereocenters. The van der Waals surface area contributed by atoms with Crippen LogP contribution in [0.5, 0.6) is 5.75 Å². The van der Waals surface area contributed by atoms with Crippen LogP contribution < -0.4 is 10.1 Å². The molecule has 1 N–H and O–H groups in total. The zero-order chi connectivity index (χ0) is 14.8. The number of hydrogen-bond acceptors (Lipinski definition) is 2. The van der Waals surface area contributed by atoms with Gasteiger partial charge < -0.3 is 10.1 Å². The second kappa shape index (κ2) is 6.29. The summed E-state index contributed by atoms with van der Waals surface area (Å²) in [5.41, 5.74) is 4.77. The molecular formula is C17H17BrClNO. The smallest absolute Gasteiger partial charge is 0.122 e. The third kappa shape index (κ3) is 3.35. The molecule has 1 aliphatic rings. The maximum atomic E-state index is 6.17. The molecule has 0 amide bonds. The van der Waals surface area contributed by atoms with Crippen LogP contribution in [0.25, 0.3) is 0 Å². The third-order valence-corrected chi connectivity index (χ3v) is 4.79. The van der Waals surface area contributed by atoms with Crippen LogP contribution in [0, 0.1) is 6.92 Å². The summed E-state index contributed by atoms with van der Waals surface area (Å²) in [6, 6.07) is 10.5. The zero-order valence-corrected chi connectivity index (χ0v) is 14.2. The van der Waals surface area contributed by atoms with Crippen LogP contribution in [0.3, 0.4) is 0 Å². The first-order chi connectivity index (χ1) is 10.1. The van der Waals surface area contributed by atoms with E-state index in [2.05, 4.69) is 39.4 Å². The summed E-state index contributed by atoms with van der Waals surface area (Å²) in [6.45, 7) is 3.69. The summed E-state index contributed by atoms with van der Waals surface area (Å²) in [4.78, 5) is 0. The fraction of sp³-hybridized carbons (Fsp3) is 0.294. The molecule has 1 aliphatic heterocycles. The van der Waals surface area contributed by atoms with E-state index in [4.69, 9.17) is 16.3 Å². The molecule has 0 aliphatic carbocycles. The predicted molar refractivity (Wildman–Crippen MR) is 91.7 cm³/mol. The highest BCUT2D eigenvalue weighted by molar-refractivity contribution is 9.10. The van der Waals surface area contributed by atoms with Crippen LogP contribution in [0.2, 0.25) is 5.02 Å². The number of halogens is 2. The maximum absolute atomic E-state index is 6.17. The van der Waals surface area contributed by atoms with Crippen molar-refractivity contribution >= 4 is 33.2 Å². The van der Waals surface area contributed by atoms with Gasteiger partial charge in [0, 0.05) is 28.1 Å². The molecule has 0 fully saturated rings. The van der Waals surface area contributed by atoms with Crippen molar-refractivity contribution in [2.75, 3.05) is 18.5 Å². The number of aryl methyl sites for hydroxylation is 1. The highest BCUT2D eigenvalue weighted by atomic mass is 79.9. The van der Waals surface area contributed by atoms with E-state index < -0.39 is 0 Å². The Hall–Kier alpha value is -1.19. The summed E-state index contributed by atoms with van der Waals surface area (Å²) < 4.78 is 6.58. The Labute approximate surface area is 138 Å². The Balaban J connectivity index is 1.62. The summed E-state index contributed by atoms with van der Waals surface area (Å²) in [6.07, 6.45) is 2.00. The molecule has 1 heterocycles. The van der Waals surface area contributed by atoms with Crippen molar-refractivity contribution in [1.82, 2.24) is 0 Å². The van der Waals surface area contributed by atoms with E-state index in [1.165, 1.54) is 11.1 Å². The van der Waals surface area contributed by atoms with Crippen molar-refractivity contribution < 1.29 is 4.74 Å². The van der Waals surface area contributed by atoms with Crippen molar-refractivity contribution in [3.05, 3.63) is 56.5 Å². The van der Waals surface area contributed by atoms with Crippen LogP contribution >= 0.6 is 27.5 Å². The normalized spacial score (nSPS) is 12.9. The largest absolute Gasteiger partial charge is 0.493 e.